The number of pyridine rings is 1. The molecule has 0 radical (unpaired) electrons. The summed E-state index contributed by atoms with van der Waals surface area (Å²) in [5, 5.41) is 12.7. The number of hydrogen-bond donors (Lipinski definition) is 1. The molecular formula is C16H17ClN4. The molecule has 0 spiro atoms. The van der Waals surface area contributed by atoms with Gasteiger partial charge in [-0.2, -0.15) is 0 Å². The van der Waals surface area contributed by atoms with Gasteiger partial charge in [0.1, 0.15) is 5.82 Å². The van der Waals surface area contributed by atoms with Crippen molar-refractivity contribution < 1.29 is 0 Å². The van der Waals surface area contributed by atoms with E-state index in [0.29, 0.717) is 0 Å². The molecule has 0 bridgehead atoms. The lowest BCUT2D eigenvalue weighted by Gasteiger charge is -2.15. The summed E-state index contributed by atoms with van der Waals surface area (Å²) in [5.41, 5.74) is 2.00. The third-order valence-corrected chi connectivity index (χ3v) is 3.90. The van der Waals surface area contributed by atoms with E-state index >= 15 is 0 Å². The Hall–Kier alpha value is -1.91. The SMILES string of the molecule is CC(NCCc1nnc2ccccn12)c1ccccc1Cl. The Kier molecular flexibility index (Phi) is 4.18. The minimum absolute atomic E-state index is 0.206. The molecular weight excluding hydrogens is 284 g/mol. The first-order valence-corrected chi connectivity index (χ1v) is 7.40. The van der Waals surface area contributed by atoms with Gasteiger partial charge < -0.3 is 5.32 Å². The van der Waals surface area contributed by atoms with Crippen molar-refractivity contribution in [2.45, 2.75) is 19.4 Å². The summed E-state index contributed by atoms with van der Waals surface area (Å²) in [6, 6.07) is 14.0. The average Bonchev–Trinajstić information content (AvgIpc) is 2.91. The number of benzene rings is 1. The highest BCUT2D eigenvalue weighted by Crippen LogP contribution is 2.21. The highest BCUT2D eigenvalue weighted by molar-refractivity contribution is 6.31. The molecule has 0 aliphatic heterocycles. The van der Waals surface area contributed by atoms with E-state index < -0.39 is 0 Å². The zero-order valence-corrected chi connectivity index (χ0v) is 12.6. The highest BCUT2D eigenvalue weighted by Gasteiger charge is 2.09. The van der Waals surface area contributed by atoms with E-state index in [9.17, 15) is 0 Å². The van der Waals surface area contributed by atoms with Crippen molar-refractivity contribution in [1.82, 2.24) is 19.9 Å². The zero-order chi connectivity index (χ0) is 14.7. The molecule has 3 aromatic rings. The molecule has 21 heavy (non-hydrogen) atoms. The van der Waals surface area contributed by atoms with Crippen molar-refractivity contribution in [3.8, 4) is 0 Å². The minimum atomic E-state index is 0.206. The Labute approximate surface area is 128 Å². The van der Waals surface area contributed by atoms with Gasteiger partial charge in [-0.05, 0) is 30.7 Å². The molecule has 1 N–H and O–H groups in total. The van der Waals surface area contributed by atoms with Crippen LogP contribution in [0.1, 0.15) is 24.4 Å². The fraction of sp³-hybridized carbons (Fsp3) is 0.250. The number of rotatable bonds is 5. The van der Waals surface area contributed by atoms with Gasteiger partial charge in [0.2, 0.25) is 0 Å². The Morgan fingerprint density at radius 2 is 1.95 bits per heavy atom. The van der Waals surface area contributed by atoms with Gasteiger partial charge in [0.25, 0.3) is 0 Å². The maximum atomic E-state index is 6.21. The Morgan fingerprint density at radius 3 is 2.81 bits per heavy atom. The topological polar surface area (TPSA) is 42.2 Å². The number of hydrogen-bond acceptors (Lipinski definition) is 3. The summed E-state index contributed by atoms with van der Waals surface area (Å²) in [6.45, 7) is 2.94. The van der Waals surface area contributed by atoms with E-state index in [1.165, 1.54) is 0 Å². The standard InChI is InChI=1S/C16H17ClN4/c1-12(13-6-2-3-7-14(13)17)18-10-9-16-20-19-15-8-4-5-11-21(15)16/h2-8,11-12,18H,9-10H2,1H3. The second-order valence-electron chi connectivity index (χ2n) is 4.99. The van der Waals surface area contributed by atoms with Crippen molar-refractivity contribution in [3.05, 3.63) is 65.1 Å². The fourth-order valence-corrected chi connectivity index (χ4v) is 2.70. The van der Waals surface area contributed by atoms with Crippen LogP contribution in [-0.4, -0.2) is 21.1 Å². The first-order valence-electron chi connectivity index (χ1n) is 7.02. The maximum absolute atomic E-state index is 6.21. The fourth-order valence-electron chi connectivity index (χ4n) is 2.40. The quantitative estimate of drug-likeness (QED) is 0.786. The molecule has 2 aromatic heterocycles. The first kappa shape index (κ1) is 14.0. The van der Waals surface area contributed by atoms with Gasteiger partial charge in [-0.1, -0.05) is 35.9 Å². The smallest absolute Gasteiger partial charge is 0.160 e. The molecule has 2 heterocycles. The minimum Gasteiger partial charge on any atom is -0.310 e. The number of halogens is 1. The van der Waals surface area contributed by atoms with Crippen LogP contribution in [0.3, 0.4) is 0 Å². The summed E-state index contributed by atoms with van der Waals surface area (Å²) >= 11 is 6.21. The lowest BCUT2D eigenvalue weighted by Crippen LogP contribution is -2.22. The molecule has 0 fully saturated rings. The third kappa shape index (κ3) is 3.06. The molecule has 5 heteroatoms. The molecule has 0 saturated carbocycles. The second kappa shape index (κ2) is 6.24. The van der Waals surface area contributed by atoms with Gasteiger partial charge in [-0.3, -0.25) is 4.40 Å². The lowest BCUT2D eigenvalue weighted by atomic mass is 10.1. The molecule has 0 amide bonds. The lowest BCUT2D eigenvalue weighted by molar-refractivity contribution is 0.569. The molecule has 1 unspecified atom stereocenters. The van der Waals surface area contributed by atoms with Crippen LogP contribution in [0.15, 0.2) is 48.7 Å². The molecule has 1 aromatic carbocycles. The molecule has 108 valence electrons. The maximum Gasteiger partial charge on any atom is 0.160 e. The van der Waals surface area contributed by atoms with Gasteiger partial charge >= 0.3 is 0 Å². The summed E-state index contributed by atoms with van der Waals surface area (Å²) in [5.74, 6) is 0.962. The van der Waals surface area contributed by atoms with Crippen molar-refractivity contribution in [2.75, 3.05) is 6.54 Å². The largest absolute Gasteiger partial charge is 0.310 e. The van der Waals surface area contributed by atoms with Crippen molar-refractivity contribution in [1.29, 1.82) is 0 Å². The van der Waals surface area contributed by atoms with Crippen molar-refractivity contribution >= 4 is 17.2 Å². The van der Waals surface area contributed by atoms with Gasteiger partial charge in [0, 0.05) is 30.2 Å². The van der Waals surface area contributed by atoms with Crippen LogP contribution in [0, 0.1) is 0 Å². The summed E-state index contributed by atoms with van der Waals surface area (Å²) in [6.07, 6.45) is 2.81. The van der Waals surface area contributed by atoms with E-state index in [0.717, 1.165) is 35.0 Å². The van der Waals surface area contributed by atoms with Crippen LogP contribution in [0.5, 0.6) is 0 Å². The number of nitrogens with one attached hydrogen (secondary N) is 1. The second-order valence-corrected chi connectivity index (χ2v) is 5.40. The van der Waals surface area contributed by atoms with E-state index in [1.54, 1.807) is 0 Å². The third-order valence-electron chi connectivity index (χ3n) is 3.56. The summed E-state index contributed by atoms with van der Waals surface area (Å²) < 4.78 is 2.02. The number of aromatic nitrogens is 3. The van der Waals surface area contributed by atoms with Crippen LogP contribution in [0.2, 0.25) is 5.02 Å². The number of nitrogens with zero attached hydrogens (tertiary/aromatic N) is 3. The molecule has 0 saturated heterocycles. The van der Waals surface area contributed by atoms with Crippen LogP contribution in [0.25, 0.3) is 5.65 Å². The Bertz CT molecular complexity index is 738. The van der Waals surface area contributed by atoms with Crippen molar-refractivity contribution in [2.24, 2.45) is 0 Å². The van der Waals surface area contributed by atoms with Gasteiger partial charge in [0.15, 0.2) is 5.65 Å². The molecule has 0 aliphatic carbocycles. The van der Waals surface area contributed by atoms with E-state index in [-0.39, 0.29) is 6.04 Å². The van der Waals surface area contributed by atoms with Crippen molar-refractivity contribution in [3.63, 3.8) is 0 Å². The van der Waals surface area contributed by atoms with Crippen LogP contribution >= 0.6 is 11.6 Å². The molecule has 0 aliphatic rings. The van der Waals surface area contributed by atoms with Gasteiger partial charge in [-0.25, -0.2) is 0 Å². The van der Waals surface area contributed by atoms with Gasteiger partial charge in [-0.15, -0.1) is 10.2 Å². The Balaban J connectivity index is 1.62. The molecule has 4 nitrogen and oxygen atoms in total. The van der Waals surface area contributed by atoms with E-state index in [1.807, 2.05) is 53.1 Å². The van der Waals surface area contributed by atoms with Gasteiger partial charge in [0.05, 0.1) is 0 Å². The predicted molar refractivity (Wildman–Crippen MR) is 84.6 cm³/mol. The van der Waals surface area contributed by atoms with Crippen LogP contribution in [-0.2, 0) is 6.42 Å². The summed E-state index contributed by atoms with van der Waals surface area (Å²) in [4.78, 5) is 0. The number of fused-ring (bicyclic) bond motifs is 1. The first-order chi connectivity index (χ1) is 10.3. The van der Waals surface area contributed by atoms with E-state index in [2.05, 4.69) is 22.4 Å². The molecule has 3 rings (SSSR count). The highest BCUT2D eigenvalue weighted by atomic mass is 35.5. The zero-order valence-electron chi connectivity index (χ0n) is 11.8. The predicted octanol–water partition coefficient (Wildman–Crippen LogP) is 3.28. The van der Waals surface area contributed by atoms with E-state index in [4.69, 9.17) is 11.6 Å². The van der Waals surface area contributed by atoms with Crippen LogP contribution in [0.4, 0.5) is 0 Å². The summed E-state index contributed by atoms with van der Waals surface area (Å²) in [7, 11) is 0. The normalized spacial score (nSPS) is 12.7. The Morgan fingerprint density at radius 1 is 1.14 bits per heavy atom. The monoisotopic (exact) mass is 300 g/mol. The van der Waals surface area contributed by atoms with Crippen LogP contribution < -0.4 is 5.32 Å². The molecule has 1 atom stereocenters. The average molecular weight is 301 g/mol.